The van der Waals surface area contributed by atoms with Crippen LogP contribution >= 0.6 is 0 Å². The lowest BCUT2D eigenvalue weighted by molar-refractivity contribution is -0.137. The first-order valence-electron chi connectivity index (χ1n) is 8.99. The Hall–Kier alpha value is -2.54. The molecular formula is C19H19F3N2O4S. The molecule has 2 aliphatic heterocycles. The van der Waals surface area contributed by atoms with Gasteiger partial charge >= 0.3 is 6.18 Å². The van der Waals surface area contributed by atoms with Crippen molar-refractivity contribution in [3.05, 3.63) is 35.4 Å². The summed E-state index contributed by atoms with van der Waals surface area (Å²) in [5.74, 6) is 3.90. The van der Waals surface area contributed by atoms with E-state index in [1.54, 1.807) is 0 Å². The van der Waals surface area contributed by atoms with E-state index >= 15 is 0 Å². The molecule has 0 unspecified atom stereocenters. The van der Waals surface area contributed by atoms with E-state index in [2.05, 4.69) is 17.2 Å². The first-order valence-corrected chi connectivity index (χ1v) is 10.8. The van der Waals surface area contributed by atoms with Crippen molar-refractivity contribution in [1.29, 1.82) is 0 Å². The molecule has 3 rings (SSSR count). The van der Waals surface area contributed by atoms with Crippen molar-refractivity contribution in [2.75, 3.05) is 24.6 Å². The van der Waals surface area contributed by atoms with Gasteiger partial charge < -0.3 is 10.2 Å². The van der Waals surface area contributed by atoms with Crippen molar-refractivity contribution in [3.8, 4) is 11.8 Å². The molecule has 1 N–H and O–H groups in total. The van der Waals surface area contributed by atoms with Gasteiger partial charge in [0.15, 0.2) is 9.84 Å². The standard InChI is InChI=1S/C19H19F3N2O4S/c20-19(21,22)15-5-1-3-13(9-15)4-2-7-23-18(26)14-10-17(25)24(11-14)16-6-8-29(27,28)12-16/h1,3,5,9,14,16H,6-8,10-12H2,(H,23,26)/t14-,16+/m1/s1. The molecule has 0 bridgehead atoms. The largest absolute Gasteiger partial charge is 0.416 e. The first-order chi connectivity index (χ1) is 13.5. The molecular weight excluding hydrogens is 409 g/mol. The smallest absolute Gasteiger partial charge is 0.345 e. The van der Waals surface area contributed by atoms with Crippen LogP contribution in [0.25, 0.3) is 0 Å². The Morgan fingerprint density at radius 2 is 2.07 bits per heavy atom. The van der Waals surface area contributed by atoms with Gasteiger partial charge in [-0.15, -0.1) is 0 Å². The molecule has 1 aromatic rings. The second-order valence-electron chi connectivity index (χ2n) is 7.10. The molecule has 10 heteroatoms. The van der Waals surface area contributed by atoms with E-state index in [9.17, 15) is 31.2 Å². The zero-order valence-electron chi connectivity index (χ0n) is 15.3. The van der Waals surface area contributed by atoms with Gasteiger partial charge in [-0.2, -0.15) is 13.2 Å². The van der Waals surface area contributed by atoms with Crippen LogP contribution in [-0.2, 0) is 25.6 Å². The average molecular weight is 428 g/mol. The Morgan fingerprint density at radius 3 is 2.72 bits per heavy atom. The Bertz CT molecular complexity index is 979. The minimum atomic E-state index is -4.45. The first kappa shape index (κ1) is 21.2. The van der Waals surface area contributed by atoms with E-state index < -0.39 is 27.5 Å². The number of carbonyl (C=O) groups is 2. The maximum atomic E-state index is 12.7. The number of likely N-dealkylation sites (tertiary alicyclic amines) is 1. The SMILES string of the molecule is O=C(NCC#Cc1cccc(C(F)(F)F)c1)[C@@H]1CC(=O)N([C@H]2CCS(=O)(=O)C2)C1. The van der Waals surface area contributed by atoms with Gasteiger partial charge in [-0.1, -0.05) is 17.9 Å². The molecule has 2 atom stereocenters. The number of hydrogen-bond donors (Lipinski definition) is 1. The lowest BCUT2D eigenvalue weighted by atomic mass is 10.1. The summed E-state index contributed by atoms with van der Waals surface area (Å²) >= 11 is 0. The van der Waals surface area contributed by atoms with Crippen LogP contribution in [0.5, 0.6) is 0 Å². The minimum absolute atomic E-state index is 0.00341. The highest BCUT2D eigenvalue weighted by molar-refractivity contribution is 7.91. The summed E-state index contributed by atoms with van der Waals surface area (Å²) in [7, 11) is -3.13. The van der Waals surface area contributed by atoms with Gasteiger partial charge in [0.2, 0.25) is 11.8 Å². The molecule has 0 radical (unpaired) electrons. The Balaban J connectivity index is 1.52. The lowest BCUT2D eigenvalue weighted by Crippen LogP contribution is -2.39. The molecule has 0 saturated carbocycles. The molecule has 2 saturated heterocycles. The van der Waals surface area contributed by atoms with Crippen molar-refractivity contribution in [1.82, 2.24) is 10.2 Å². The van der Waals surface area contributed by atoms with E-state index in [1.807, 2.05) is 0 Å². The van der Waals surface area contributed by atoms with Crippen LogP contribution in [0.1, 0.15) is 24.0 Å². The van der Waals surface area contributed by atoms with Crippen molar-refractivity contribution < 1.29 is 31.2 Å². The molecule has 0 aromatic heterocycles. The molecule has 0 spiro atoms. The van der Waals surface area contributed by atoms with Gasteiger partial charge in [-0.25, -0.2) is 8.42 Å². The predicted octanol–water partition coefficient (Wildman–Crippen LogP) is 1.21. The summed E-state index contributed by atoms with van der Waals surface area (Å²) in [5, 5.41) is 2.56. The van der Waals surface area contributed by atoms with Crippen LogP contribution in [0, 0.1) is 17.8 Å². The number of hydrogen-bond acceptors (Lipinski definition) is 4. The van der Waals surface area contributed by atoms with Crippen molar-refractivity contribution in [2.45, 2.75) is 25.1 Å². The number of carbonyl (C=O) groups excluding carboxylic acids is 2. The third-order valence-electron chi connectivity index (χ3n) is 4.95. The fraction of sp³-hybridized carbons (Fsp3) is 0.474. The summed E-state index contributed by atoms with van der Waals surface area (Å²) in [4.78, 5) is 25.9. The highest BCUT2D eigenvalue weighted by Crippen LogP contribution is 2.29. The van der Waals surface area contributed by atoms with Crippen LogP contribution in [-0.4, -0.2) is 55.8 Å². The zero-order valence-corrected chi connectivity index (χ0v) is 16.1. The fourth-order valence-electron chi connectivity index (χ4n) is 3.48. The van der Waals surface area contributed by atoms with Crippen molar-refractivity contribution in [2.24, 2.45) is 5.92 Å². The molecule has 2 amide bonds. The summed E-state index contributed by atoms with van der Waals surface area (Å²) in [5.41, 5.74) is -0.620. The number of rotatable bonds is 3. The van der Waals surface area contributed by atoms with Crippen LogP contribution in [0.15, 0.2) is 24.3 Å². The van der Waals surface area contributed by atoms with Gasteiger partial charge in [-0.05, 0) is 24.6 Å². The molecule has 2 heterocycles. The van der Waals surface area contributed by atoms with E-state index in [4.69, 9.17) is 0 Å². The molecule has 1 aromatic carbocycles. The number of benzene rings is 1. The second-order valence-corrected chi connectivity index (χ2v) is 9.33. The van der Waals surface area contributed by atoms with E-state index in [-0.39, 0.29) is 54.4 Å². The molecule has 29 heavy (non-hydrogen) atoms. The molecule has 2 aliphatic rings. The summed E-state index contributed by atoms with van der Waals surface area (Å²) < 4.78 is 61.2. The highest BCUT2D eigenvalue weighted by atomic mass is 32.2. The molecule has 2 fully saturated rings. The van der Waals surface area contributed by atoms with Crippen molar-refractivity contribution >= 4 is 21.7 Å². The lowest BCUT2D eigenvalue weighted by Gasteiger charge is -2.22. The number of sulfone groups is 1. The van der Waals surface area contributed by atoms with Crippen LogP contribution in [0.2, 0.25) is 0 Å². The normalized spacial score (nSPS) is 23.6. The summed E-state index contributed by atoms with van der Waals surface area (Å²) in [6.45, 7) is 0.0868. The fourth-order valence-corrected chi connectivity index (χ4v) is 5.21. The highest BCUT2D eigenvalue weighted by Gasteiger charge is 2.41. The van der Waals surface area contributed by atoms with Gasteiger partial charge in [-0.3, -0.25) is 9.59 Å². The van der Waals surface area contributed by atoms with Crippen LogP contribution < -0.4 is 5.32 Å². The summed E-state index contributed by atoms with van der Waals surface area (Å²) in [6.07, 6.45) is -4.07. The predicted molar refractivity (Wildman–Crippen MR) is 98.2 cm³/mol. The van der Waals surface area contributed by atoms with Gasteiger partial charge in [0, 0.05) is 24.6 Å². The third kappa shape index (κ3) is 5.29. The maximum absolute atomic E-state index is 12.7. The second kappa shape index (κ2) is 8.06. The number of nitrogens with zero attached hydrogens (tertiary/aromatic N) is 1. The van der Waals surface area contributed by atoms with Gasteiger partial charge in [0.1, 0.15) is 0 Å². The number of alkyl halides is 3. The maximum Gasteiger partial charge on any atom is 0.416 e. The van der Waals surface area contributed by atoms with E-state index in [0.717, 1.165) is 12.1 Å². The zero-order chi connectivity index (χ0) is 21.2. The minimum Gasteiger partial charge on any atom is -0.345 e. The van der Waals surface area contributed by atoms with E-state index in [1.165, 1.54) is 17.0 Å². The Kier molecular flexibility index (Phi) is 5.89. The topological polar surface area (TPSA) is 83.6 Å². The molecule has 156 valence electrons. The van der Waals surface area contributed by atoms with Gasteiger partial charge in [0.25, 0.3) is 0 Å². The Labute approximate surface area is 166 Å². The Morgan fingerprint density at radius 1 is 1.31 bits per heavy atom. The van der Waals surface area contributed by atoms with Crippen LogP contribution in [0.3, 0.4) is 0 Å². The van der Waals surface area contributed by atoms with E-state index in [0.29, 0.717) is 6.42 Å². The number of nitrogens with one attached hydrogen (secondary N) is 1. The quantitative estimate of drug-likeness (QED) is 0.734. The van der Waals surface area contributed by atoms with Crippen LogP contribution in [0.4, 0.5) is 13.2 Å². The monoisotopic (exact) mass is 428 g/mol. The molecule has 0 aliphatic carbocycles. The number of halogens is 3. The third-order valence-corrected chi connectivity index (χ3v) is 6.70. The summed E-state index contributed by atoms with van der Waals surface area (Å²) in [6, 6.07) is 4.19. The van der Waals surface area contributed by atoms with Gasteiger partial charge in [0.05, 0.1) is 29.5 Å². The van der Waals surface area contributed by atoms with Crippen molar-refractivity contribution in [3.63, 3.8) is 0 Å². The number of amides is 2. The molecule has 6 nitrogen and oxygen atoms in total. The average Bonchev–Trinajstić information content (AvgIpc) is 3.20.